The lowest BCUT2D eigenvalue weighted by molar-refractivity contribution is 0.176. The standard InChI is InChI=1S/C14H12N3OS/c1-18-10-4-6-14-5-2-3-7-16(14)13-15-9-12(19)17(13)11(14)8-10/h2-10H,1H3. The Morgan fingerprint density at radius 2 is 2.26 bits per heavy atom. The second-order valence-electron chi connectivity index (χ2n) is 4.74. The van der Waals surface area contributed by atoms with E-state index in [1.165, 1.54) is 0 Å². The van der Waals surface area contributed by atoms with Gasteiger partial charge in [-0.15, -0.1) is 0 Å². The summed E-state index contributed by atoms with van der Waals surface area (Å²) in [6.07, 6.45) is 16.3. The maximum atomic E-state index is 5.42. The van der Waals surface area contributed by atoms with E-state index in [9.17, 15) is 0 Å². The average molecular weight is 270 g/mol. The van der Waals surface area contributed by atoms with Gasteiger partial charge in [-0.05, 0) is 24.3 Å². The zero-order valence-electron chi connectivity index (χ0n) is 10.4. The van der Waals surface area contributed by atoms with Gasteiger partial charge in [0.1, 0.15) is 10.6 Å². The van der Waals surface area contributed by atoms with Crippen molar-refractivity contribution >= 4 is 24.3 Å². The zero-order valence-corrected chi connectivity index (χ0v) is 11.2. The average Bonchev–Trinajstić information content (AvgIpc) is 2.94. The lowest BCUT2D eigenvalue weighted by Gasteiger charge is -2.36. The van der Waals surface area contributed by atoms with Gasteiger partial charge in [0.25, 0.3) is 0 Å². The van der Waals surface area contributed by atoms with Crippen LogP contribution >= 0.6 is 12.6 Å². The molecule has 1 aromatic rings. The Kier molecular flexibility index (Phi) is 2.08. The maximum Gasteiger partial charge on any atom is 0.216 e. The monoisotopic (exact) mass is 270 g/mol. The van der Waals surface area contributed by atoms with Crippen LogP contribution in [0.4, 0.5) is 5.95 Å². The van der Waals surface area contributed by atoms with E-state index < -0.39 is 0 Å². The van der Waals surface area contributed by atoms with Gasteiger partial charge in [0, 0.05) is 13.3 Å². The van der Waals surface area contributed by atoms with Crippen molar-refractivity contribution in [1.29, 1.82) is 0 Å². The van der Waals surface area contributed by atoms with Crippen LogP contribution in [0.25, 0.3) is 5.70 Å². The lowest BCUT2D eigenvalue weighted by atomic mass is 9.87. The van der Waals surface area contributed by atoms with Crippen LogP contribution in [0.3, 0.4) is 0 Å². The second-order valence-corrected chi connectivity index (χ2v) is 5.16. The number of anilines is 1. The fourth-order valence-electron chi connectivity index (χ4n) is 2.91. The minimum absolute atomic E-state index is 0.0236. The van der Waals surface area contributed by atoms with Crippen molar-refractivity contribution in [2.45, 2.75) is 16.7 Å². The number of ether oxygens (including phenoxy) is 1. The number of imidazole rings is 1. The van der Waals surface area contributed by atoms with Gasteiger partial charge in [0.05, 0.1) is 18.0 Å². The van der Waals surface area contributed by atoms with Gasteiger partial charge in [-0.1, -0.05) is 24.8 Å². The molecule has 0 aromatic carbocycles. The number of rotatable bonds is 1. The third-order valence-electron chi connectivity index (χ3n) is 3.81. The summed E-state index contributed by atoms with van der Waals surface area (Å²) < 4.78 is 7.43. The van der Waals surface area contributed by atoms with Crippen LogP contribution in [0.5, 0.6) is 0 Å². The first kappa shape index (κ1) is 11.0. The molecule has 4 nitrogen and oxygen atoms in total. The predicted molar refractivity (Wildman–Crippen MR) is 75.8 cm³/mol. The summed E-state index contributed by atoms with van der Waals surface area (Å²) in [7, 11) is 1.71. The molecule has 5 heteroatoms. The van der Waals surface area contributed by atoms with Crippen molar-refractivity contribution in [3.8, 4) is 0 Å². The lowest BCUT2D eigenvalue weighted by Crippen LogP contribution is -2.42. The highest BCUT2D eigenvalue weighted by Gasteiger charge is 2.48. The molecule has 3 heterocycles. The molecule has 0 saturated carbocycles. The summed E-state index contributed by atoms with van der Waals surface area (Å²) in [6, 6.07) is 0. The number of methoxy groups -OCH3 is 1. The van der Waals surface area contributed by atoms with Crippen molar-refractivity contribution in [1.82, 2.24) is 9.55 Å². The van der Waals surface area contributed by atoms with E-state index in [2.05, 4.69) is 40.3 Å². The smallest absolute Gasteiger partial charge is 0.216 e. The van der Waals surface area contributed by atoms with E-state index in [0.717, 1.165) is 16.7 Å². The molecule has 2 unspecified atom stereocenters. The van der Waals surface area contributed by atoms with E-state index >= 15 is 0 Å². The van der Waals surface area contributed by atoms with Gasteiger partial charge in [-0.2, -0.15) is 0 Å². The van der Waals surface area contributed by atoms with Crippen molar-refractivity contribution in [2.24, 2.45) is 0 Å². The third kappa shape index (κ3) is 1.24. The summed E-state index contributed by atoms with van der Waals surface area (Å²) in [5.41, 5.74) is 0.793. The van der Waals surface area contributed by atoms with Crippen LogP contribution < -0.4 is 4.90 Å². The first-order valence-electron chi connectivity index (χ1n) is 6.11. The quantitative estimate of drug-likeness (QED) is 0.735. The van der Waals surface area contributed by atoms with Gasteiger partial charge in [-0.3, -0.25) is 9.47 Å². The number of hydrogen-bond acceptors (Lipinski definition) is 3. The zero-order chi connectivity index (χ0) is 13.0. The van der Waals surface area contributed by atoms with Crippen LogP contribution in [0.2, 0.25) is 0 Å². The molecule has 1 radical (unpaired) electrons. The molecule has 1 spiro atoms. The molecule has 0 fully saturated rings. The summed E-state index contributed by atoms with van der Waals surface area (Å²) in [6.45, 7) is 0. The van der Waals surface area contributed by atoms with Crippen LogP contribution in [-0.4, -0.2) is 28.3 Å². The topological polar surface area (TPSA) is 30.3 Å². The van der Waals surface area contributed by atoms with Gasteiger partial charge in [-0.25, -0.2) is 4.98 Å². The highest BCUT2D eigenvalue weighted by atomic mass is 32.1. The summed E-state index contributed by atoms with van der Waals surface area (Å²) >= 11 is 5.39. The Morgan fingerprint density at radius 1 is 1.37 bits per heavy atom. The van der Waals surface area contributed by atoms with Crippen LogP contribution in [-0.2, 0) is 4.74 Å². The summed E-state index contributed by atoms with van der Waals surface area (Å²) in [4.78, 5) is 6.57. The molecule has 1 aliphatic carbocycles. The fraction of sp³-hybridized carbons (Fsp3) is 0.214. The predicted octanol–water partition coefficient (Wildman–Crippen LogP) is 2.51. The normalized spacial score (nSPS) is 30.1. The molecule has 0 N–H and O–H groups in total. The van der Waals surface area contributed by atoms with Crippen LogP contribution in [0.15, 0.2) is 53.9 Å². The summed E-state index contributed by atoms with van der Waals surface area (Å²) in [5.74, 6) is 0.859. The Bertz CT molecular complexity index is 670. The molecule has 2 atom stereocenters. The van der Waals surface area contributed by atoms with E-state index in [4.69, 9.17) is 17.4 Å². The van der Waals surface area contributed by atoms with Crippen molar-refractivity contribution in [3.63, 3.8) is 0 Å². The summed E-state index contributed by atoms with van der Waals surface area (Å²) in [5, 5.41) is 0.724. The van der Waals surface area contributed by atoms with Crippen molar-refractivity contribution < 1.29 is 4.74 Å². The van der Waals surface area contributed by atoms with E-state index in [1.807, 2.05) is 16.8 Å². The van der Waals surface area contributed by atoms with Gasteiger partial charge < -0.3 is 4.74 Å². The largest absolute Gasteiger partial charge is 0.373 e. The number of aromatic nitrogens is 2. The molecule has 0 amide bonds. The van der Waals surface area contributed by atoms with E-state index in [1.54, 1.807) is 13.3 Å². The minimum Gasteiger partial charge on any atom is -0.373 e. The molecule has 0 saturated heterocycles. The molecule has 95 valence electrons. The van der Waals surface area contributed by atoms with Crippen molar-refractivity contribution in [2.75, 3.05) is 12.0 Å². The molecule has 19 heavy (non-hydrogen) atoms. The van der Waals surface area contributed by atoms with Crippen molar-refractivity contribution in [3.05, 3.63) is 48.9 Å². The van der Waals surface area contributed by atoms with E-state index in [-0.39, 0.29) is 11.6 Å². The first-order valence-corrected chi connectivity index (χ1v) is 6.52. The van der Waals surface area contributed by atoms with Gasteiger partial charge in [0.2, 0.25) is 5.95 Å². The minimum atomic E-state index is -0.305. The molecule has 3 aliphatic rings. The molecule has 0 bridgehead atoms. The molecule has 1 aromatic heterocycles. The highest BCUT2D eigenvalue weighted by molar-refractivity contribution is 7.80. The molecule has 4 rings (SSSR count). The third-order valence-corrected chi connectivity index (χ3v) is 4.10. The number of fused-ring (bicyclic) bond motifs is 3. The Labute approximate surface area is 116 Å². The fourth-order valence-corrected chi connectivity index (χ4v) is 3.15. The molecule has 2 aliphatic heterocycles. The second kappa shape index (κ2) is 3.59. The van der Waals surface area contributed by atoms with E-state index in [0.29, 0.717) is 0 Å². The Balaban J connectivity index is 1.99. The van der Waals surface area contributed by atoms with Gasteiger partial charge >= 0.3 is 0 Å². The SMILES string of the molecule is COC1C=CC23C=CC=CN2c2ncc([S])n2C3=C1. The Morgan fingerprint density at radius 3 is 3.11 bits per heavy atom. The number of hydrogen-bond donors (Lipinski definition) is 0. The number of nitrogens with zero attached hydrogens (tertiary/aromatic N) is 3. The molecular weight excluding hydrogens is 258 g/mol. The maximum absolute atomic E-state index is 5.42. The molecular formula is C14H12N3OS. The van der Waals surface area contributed by atoms with Crippen LogP contribution in [0, 0.1) is 0 Å². The van der Waals surface area contributed by atoms with Gasteiger partial charge in [0.15, 0.2) is 0 Å². The Hall–Kier alpha value is -1.85. The first-order chi connectivity index (χ1) is 9.26. The van der Waals surface area contributed by atoms with Crippen LogP contribution in [0.1, 0.15) is 0 Å². The highest BCUT2D eigenvalue weighted by Crippen LogP contribution is 2.48. The number of allylic oxidation sites excluding steroid dienone is 2.